The Hall–Kier alpha value is 1.68. The van der Waals surface area contributed by atoms with Crippen LogP contribution in [0.15, 0.2) is 0 Å². The number of hydrogen-bond donors (Lipinski definition) is 2. The first-order valence-electron chi connectivity index (χ1n) is 0.752. The van der Waals surface area contributed by atoms with E-state index in [0.717, 1.165) is 0 Å². The molecule has 0 aromatic rings. The van der Waals surface area contributed by atoms with E-state index in [-0.39, 0.29) is 54.7 Å². The van der Waals surface area contributed by atoms with E-state index in [1.165, 1.54) is 0 Å². The fourth-order valence-corrected chi connectivity index (χ4v) is 0. The summed E-state index contributed by atoms with van der Waals surface area (Å²) in [6, 6.07) is 0. The molecule has 0 bridgehead atoms. The Morgan fingerprint density at radius 1 is 1.33 bits per heavy atom. The van der Waals surface area contributed by atoms with E-state index in [2.05, 4.69) is 0 Å². The van der Waals surface area contributed by atoms with E-state index in [4.69, 9.17) is 15.1 Å². The van der Waals surface area contributed by atoms with Crippen molar-refractivity contribution >= 4 is 45.1 Å². The Morgan fingerprint density at radius 2 is 1.33 bits per heavy atom. The van der Waals surface area contributed by atoms with Crippen LogP contribution in [-0.4, -0.2) is 55.1 Å². The molecule has 6 heteroatoms. The van der Waals surface area contributed by atoms with Gasteiger partial charge in [-0.2, -0.15) is 0 Å². The molecular weight excluding hydrogens is 179 g/mol. The van der Waals surface area contributed by atoms with E-state index < -0.39 is 7.32 Å². The third kappa shape index (κ3) is 44.0. The van der Waals surface area contributed by atoms with E-state index >= 15 is 0 Å². The van der Waals surface area contributed by atoms with Gasteiger partial charge in [-0.05, 0) is 0 Å². The predicted octanol–water partition coefficient (Wildman–Crippen LogP) is -6.06. The Morgan fingerprint density at radius 3 is 1.33 bits per heavy atom. The molecule has 0 heterocycles. The molecular formula is H2BBrCaO3. The summed E-state index contributed by atoms with van der Waals surface area (Å²) in [4.78, 5) is 0. The first kappa shape index (κ1) is 15.6. The van der Waals surface area contributed by atoms with Gasteiger partial charge >= 0.3 is 45.1 Å². The maximum Gasteiger partial charge on any atom is 2.00 e. The summed E-state index contributed by atoms with van der Waals surface area (Å²) in [6.07, 6.45) is 0. The van der Waals surface area contributed by atoms with E-state index in [0.29, 0.717) is 0 Å². The van der Waals surface area contributed by atoms with Crippen LogP contribution >= 0.6 is 0 Å². The van der Waals surface area contributed by atoms with Gasteiger partial charge in [-0.25, -0.2) is 0 Å². The average Bonchev–Trinajstić information content (AvgIpc) is 0.811. The zero-order valence-corrected chi connectivity index (χ0v) is 6.76. The van der Waals surface area contributed by atoms with Crippen LogP contribution < -0.4 is 22.0 Å². The van der Waals surface area contributed by atoms with E-state index in [9.17, 15) is 0 Å². The summed E-state index contributed by atoms with van der Waals surface area (Å²) in [5.41, 5.74) is 0. The minimum atomic E-state index is -2.42. The van der Waals surface area contributed by atoms with Gasteiger partial charge in [0, 0.05) is 0 Å². The Balaban J connectivity index is -0.0000000450. The Labute approximate surface area is 76.3 Å². The van der Waals surface area contributed by atoms with Crippen molar-refractivity contribution in [3.8, 4) is 0 Å². The minimum Gasteiger partial charge on any atom is -1.00 e. The van der Waals surface area contributed by atoms with E-state index in [1.807, 2.05) is 0 Å². The maximum absolute atomic E-state index is 8.64. The molecule has 0 saturated carbocycles. The third-order valence-electron chi connectivity index (χ3n) is 0. The number of halogens is 1. The number of rotatable bonds is 0. The van der Waals surface area contributed by atoms with Gasteiger partial charge < -0.3 is 32.1 Å². The van der Waals surface area contributed by atoms with Gasteiger partial charge in [-0.3, -0.25) is 0 Å². The van der Waals surface area contributed by atoms with Crippen molar-refractivity contribution in [2.24, 2.45) is 0 Å². The van der Waals surface area contributed by atoms with Gasteiger partial charge in [0.1, 0.15) is 0 Å². The van der Waals surface area contributed by atoms with Gasteiger partial charge in [0.05, 0.1) is 0 Å². The molecule has 2 N–H and O–H groups in total. The standard InChI is InChI=1S/BH2O3.BrH.Ca/c2-1(3)4;;/h2-3H;1H;/q-1;;+2/p-1. The molecule has 32 valence electrons. The summed E-state index contributed by atoms with van der Waals surface area (Å²) in [5.74, 6) is 0. The summed E-state index contributed by atoms with van der Waals surface area (Å²) in [5, 5.41) is 22.8. The normalized spacial score (nSPS) is 4.50. The van der Waals surface area contributed by atoms with Crippen molar-refractivity contribution in [2.45, 2.75) is 0 Å². The zero-order valence-electron chi connectivity index (χ0n) is 2.97. The van der Waals surface area contributed by atoms with Crippen LogP contribution in [0.1, 0.15) is 0 Å². The van der Waals surface area contributed by atoms with Crippen molar-refractivity contribution in [3.05, 3.63) is 0 Å². The fourth-order valence-electron chi connectivity index (χ4n) is 0. The Bertz CT molecular complexity index is 15.5. The molecule has 0 atom stereocenters. The summed E-state index contributed by atoms with van der Waals surface area (Å²) < 4.78 is 0. The van der Waals surface area contributed by atoms with Gasteiger partial charge in [0.15, 0.2) is 0 Å². The molecule has 0 rings (SSSR count). The summed E-state index contributed by atoms with van der Waals surface area (Å²) in [6.45, 7) is 0. The molecule has 0 spiro atoms. The molecule has 3 nitrogen and oxygen atoms in total. The van der Waals surface area contributed by atoms with Crippen LogP contribution in [0.4, 0.5) is 0 Å². The molecule has 0 radical (unpaired) electrons. The minimum absolute atomic E-state index is 0. The second-order valence-corrected chi connectivity index (χ2v) is 0.326. The van der Waals surface area contributed by atoms with Crippen molar-refractivity contribution in [2.75, 3.05) is 0 Å². The van der Waals surface area contributed by atoms with Gasteiger partial charge in [0.2, 0.25) is 0 Å². The number of hydrogen-bond acceptors (Lipinski definition) is 3. The quantitative estimate of drug-likeness (QED) is 0.365. The Kier molecular flexibility index (Phi) is 25.7. The monoisotopic (exact) mass is 180 g/mol. The molecule has 0 saturated heterocycles. The molecule has 0 aliphatic heterocycles. The van der Waals surface area contributed by atoms with Crippen LogP contribution in [0.3, 0.4) is 0 Å². The SMILES string of the molecule is [Br-].[Ca+2].[O-]B(O)O. The molecule has 0 amide bonds. The molecule has 6 heavy (non-hydrogen) atoms. The molecule has 0 aromatic carbocycles. The topological polar surface area (TPSA) is 63.5 Å². The van der Waals surface area contributed by atoms with E-state index in [1.54, 1.807) is 0 Å². The van der Waals surface area contributed by atoms with Crippen LogP contribution in [-0.2, 0) is 0 Å². The molecule has 0 aliphatic rings. The zero-order chi connectivity index (χ0) is 3.58. The fraction of sp³-hybridized carbons (Fsp3) is 0. The van der Waals surface area contributed by atoms with Gasteiger partial charge in [-0.15, -0.1) is 0 Å². The van der Waals surface area contributed by atoms with Crippen LogP contribution in [0, 0.1) is 0 Å². The van der Waals surface area contributed by atoms with Crippen molar-refractivity contribution in [1.82, 2.24) is 0 Å². The van der Waals surface area contributed by atoms with Crippen LogP contribution in [0.5, 0.6) is 0 Å². The molecule has 0 aliphatic carbocycles. The first-order chi connectivity index (χ1) is 1.73. The first-order valence-corrected chi connectivity index (χ1v) is 0.752. The molecule has 0 unspecified atom stereocenters. The largest absolute Gasteiger partial charge is 2.00 e. The average molecular weight is 181 g/mol. The summed E-state index contributed by atoms with van der Waals surface area (Å²) >= 11 is 0. The van der Waals surface area contributed by atoms with Gasteiger partial charge in [-0.1, -0.05) is 0 Å². The molecule has 0 aromatic heterocycles. The summed E-state index contributed by atoms with van der Waals surface area (Å²) in [7, 11) is -2.42. The van der Waals surface area contributed by atoms with Gasteiger partial charge in [0.25, 0.3) is 0 Å². The smallest absolute Gasteiger partial charge is 1.00 e. The predicted molar refractivity (Wildman–Crippen MR) is 15.9 cm³/mol. The van der Waals surface area contributed by atoms with Crippen LogP contribution in [0.25, 0.3) is 0 Å². The van der Waals surface area contributed by atoms with Crippen molar-refractivity contribution in [3.63, 3.8) is 0 Å². The second kappa shape index (κ2) is 9.84. The van der Waals surface area contributed by atoms with Crippen molar-refractivity contribution < 1.29 is 32.1 Å². The van der Waals surface area contributed by atoms with Crippen LogP contribution in [0.2, 0.25) is 0 Å². The van der Waals surface area contributed by atoms with Crippen molar-refractivity contribution in [1.29, 1.82) is 0 Å². The molecule has 0 fully saturated rings. The second-order valence-electron chi connectivity index (χ2n) is 0.326. The maximum atomic E-state index is 8.64. The third-order valence-corrected chi connectivity index (χ3v) is 0.